The third-order valence-electron chi connectivity index (χ3n) is 1.98. The first-order valence-corrected chi connectivity index (χ1v) is 5.67. The van der Waals surface area contributed by atoms with Crippen LogP contribution in [0.2, 0.25) is 0 Å². The maximum Gasteiger partial charge on any atom is 0.471 e. The molecule has 8 heteroatoms. The van der Waals surface area contributed by atoms with Gasteiger partial charge in [0.05, 0.1) is 0 Å². The summed E-state index contributed by atoms with van der Waals surface area (Å²) in [5.74, 6) is -1.67. The lowest BCUT2D eigenvalue weighted by Crippen LogP contribution is -2.48. The van der Waals surface area contributed by atoms with Crippen LogP contribution in [0.15, 0.2) is 0 Å². The van der Waals surface area contributed by atoms with Gasteiger partial charge in [0.2, 0.25) is 5.91 Å². The van der Waals surface area contributed by atoms with E-state index >= 15 is 0 Å². The molecule has 1 aliphatic rings. The van der Waals surface area contributed by atoms with Gasteiger partial charge in [-0.05, 0) is 0 Å². The van der Waals surface area contributed by atoms with Crippen LogP contribution in [0.5, 0.6) is 0 Å². The van der Waals surface area contributed by atoms with Gasteiger partial charge in [-0.25, -0.2) is 4.21 Å². The van der Waals surface area contributed by atoms with Crippen molar-refractivity contribution in [3.63, 3.8) is 0 Å². The Morgan fingerprint density at radius 2 is 1.87 bits per heavy atom. The summed E-state index contributed by atoms with van der Waals surface area (Å²) < 4.78 is 46.3. The standard InChI is InChI=1S/C7H11F3N2O2S/c8-7(9,10)15(14)5-6(13)12-3-1-11-2-4-12/h11H,1-5H2. The fourth-order valence-corrected chi connectivity index (χ4v) is 1.77. The Morgan fingerprint density at radius 3 is 2.33 bits per heavy atom. The maximum atomic E-state index is 11.9. The van der Waals surface area contributed by atoms with Crippen molar-refractivity contribution in [2.45, 2.75) is 5.51 Å². The van der Waals surface area contributed by atoms with Crippen molar-refractivity contribution >= 4 is 16.7 Å². The van der Waals surface area contributed by atoms with Crippen molar-refractivity contribution in [1.29, 1.82) is 0 Å². The lowest BCUT2D eigenvalue weighted by atomic mass is 10.3. The van der Waals surface area contributed by atoms with E-state index in [4.69, 9.17) is 0 Å². The first kappa shape index (κ1) is 12.4. The molecule has 1 N–H and O–H groups in total. The largest absolute Gasteiger partial charge is 0.471 e. The van der Waals surface area contributed by atoms with E-state index in [9.17, 15) is 22.2 Å². The van der Waals surface area contributed by atoms with Gasteiger partial charge in [-0.3, -0.25) is 4.79 Å². The van der Waals surface area contributed by atoms with Crippen LogP contribution >= 0.6 is 0 Å². The fourth-order valence-electron chi connectivity index (χ4n) is 1.20. The van der Waals surface area contributed by atoms with Gasteiger partial charge < -0.3 is 10.2 Å². The molecule has 0 aromatic rings. The summed E-state index contributed by atoms with van der Waals surface area (Å²) in [6, 6.07) is 0. The molecule has 0 bridgehead atoms. The highest BCUT2D eigenvalue weighted by atomic mass is 32.2. The molecule has 15 heavy (non-hydrogen) atoms. The van der Waals surface area contributed by atoms with Gasteiger partial charge in [0, 0.05) is 26.2 Å². The number of alkyl halides is 3. The van der Waals surface area contributed by atoms with Crippen molar-refractivity contribution in [2.24, 2.45) is 0 Å². The van der Waals surface area contributed by atoms with Crippen LogP contribution in [0.3, 0.4) is 0 Å². The third kappa shape index (κ3) is 3.78. The summed E-state index contributed by atoms with van der Waals surface area (Å²) in [6.45, 7) is 1.86. The van der Waals surface area contributed by atoms with E-state index < -0.39 is 28.0 Å². The fraction of sp³-hybridized carbons (Fsp3) is 0.857. The highest BCUT2D eigenvalue weighted by molar-refractivity contribution is 7.86. The first-order valence-electron chi connectivity index (χ1n) is 4.35. The van der Waals surface area contributed by atoms with Crippen LogP contribution in [0.25, 0.3) is 0 Å². The van der Waals surface area contributed by atoms with Crippen LogP contribution in [-0.4, -0.2) is 52.5 Å². The van der Waals surface area contributed by atoms with Crippen molar-refractivity contribution in [2.75, 3.05) is 31.9 Å². The Hall–Kier alpha value is -0.630. The summed E-state index contributed by atoms with van der Waals surface area (Å²) in [6.07, 6.45) is 0. The molecule has 88 valence electrons. The van der Waals surface area contributed by atoms with Gasteiger partial charge in [-0.1, -0.05) is 0 Å². The molecule has 1 rings (SSSR count). The topological polar surface area (TPSA) is 49.4 Å². The van der Waals surface area contributed by atoms with E-state index in [1.54, 1.807) is 0 Å². The second kappa shape index (κ2) is 4.93. The third-order valence-corrected chi connectivity index (χ3v) is 3.01. The number of amides is 1. The van der Waals surface area contributed by atoms with Gasteiger partial charge in [-0.2, -0.15) is 13.2 Å². The molecule has 1 heterocycles. The molecule has 0 aliphatic carbocycles. The summed E-state index contributed by atoms with van der Waals surface area (Å²) in [5.41, 5.74) is -4.80. The van der Waals surface area contributed by atoms with E-state index in [0.717, 1.165) is 0 Å². The van der Waals surface area contributed by atoms with Crippen molar-refractivity contribution in [3.05, 3.63) is 0 Å². The second-order valence-electron chi connectivity index (χ2n) is 3.07. The average molecular weight is 244 g/mol. The van der Waals surface area contributed by atoms with Gasteiger partial charge in [0.25, 0.3) is 0 Å². The number of hydrogen-bond acceptors (Lipinski definition) is 3. The summed E-state index contributed by atoms with van der Waals surface area (Å²) in [4.78, 5) is 12.6. The van der Waals surface area contributed by atoms with Crippen LogP contribution in [0, 0.1) is 0 Å². The maximum absolute atomic E-state index is 11.9. The van der Waals surface area contributed by atoms with E-state index in [-0.39, 0.29) is 0 Å². The zero-order valence-corrected chi connectivity index (χ0v) is 8.66. The average Bonchev–Trinajstić information content (AvgIpc) is 2.17. The normalized spacial score (nSPS) is 20.1. The molecule has 1 saturated heterocycles. The Balaban J connectivity index is 2.44. The SMILES string of the molecule is O=C(CS(=O)C(F)(F)F)N1CCNCC1. The molecular weight excluding hydrogens is 233 g/mol. The van der Waals surface area contributed by atoms with Crippen LogP contribution in [0.1, 0.15) is 0 Å². The molecule has 4 nitrogen and oxygen atoms in total. The molecule has 0 radical (unpaired) electrons. The van der Waals surface area contributed by atoms with Crippen molar-refractivity contribution in [1.82, 2.24) is 10.2 Å². The molecular formula is C7H11F3N2O2S. The molecule has 1 atom stereocenters. The molecule has 0 aromatic heterocycles. The minimum Gasteiger partial charge on any atom is -0.339 e. The van der Waals surface area contributed by atoms with E-state index in [1.165, 1.54) is 4.90 Å². The number of piperazine rings is 1. The smallest absolute Gasteiger partial charge is 0.339 e. The lowest BCUT2D eigenvalue weighted by molar-refractivity contribution is -0.129. The number of nitrogens with zero attached hydrogens (tertiary/aromatic N) is 1. The van der Waals surface area contributed by atoms with Crippen LogP contribution in [0.4, 0.5) is 13.2 Å². The van der Waals surface area contributed by atoms with Crippen LogP contribution < -0.4 is 5.32 Å². The summed E-state index contributed by atoms with van der Waals surface area (Å²) >= 11 is 0. The van der Waals surface area contributed by atoms with E-state index in [0.29, 0.717) is 26.2 Å². The van der Waals surface area contributed by atoms with E-state index in [2.05, 4.69) is 5.32 Å². The highest BCUT2D eigenvalue weighted by Crippen LogP contribution is 2.20. The Bertz CT molecular complexity index is 263. The van der Waals surface area contributed by atoms with Crippen molar-refractivity contribution < 1.29 is 22.2 Å². The molecule has 0 saturated carbocycles. The molecule has 1 unspecified atom stereocenters. The minimum absolute atomic E-state index is 0.369. The molecule has 1 amide bonds. The Morgan fingerprint density at radius 1 is 1.33 bits per heavy atom. The number of carbonyl (C=O) groups excluding carboxylic acids is 1. The summed E-state index contributed by atoms with van der Waals surface area (Å²) in [5, 5.41) is 2.96. The minimum atomic E-state index is -4.80. The predicted octanol–water partition coefficient (Wildman–Crippen LogP) is -0.313. The first-order chi connectivity index (χ1) is 6.91. The number of rotatable bonds is 2. The number of hydrogen-bond donors (Lipinski definition) is 1. The lowest BCUT2D eigenvalue weighted by Gasteiger charge is -2.27. The second-order valence-corrected chi connectivity index (χ2v) is 4.51. The zero-order valence-electron chi connectivity index (χ0n) is 7.84. The van der Waals surface area contributed by atoms with Gasteiger partial charge in [0.15, 0.2) is 0 Å². The predicted molar refractivity (Wildman–Crippen MR) is 48.5 cm³/mol. The monoisotopic (exact) mass is 244 g/mol. The molecule has 1 aliphatic heterocycles. The molecule has 0 spiro atoms. The van der Waals surface area contributed by atoms with E-state index in [1.807, 2.05) is 0 Å². The number of carbonyl (C=O) groups is 1. The summed E-state index contributed by atoms with van der Waals surface area (Å²) in [7, 11) is -3.08. The van der Waals surface area contributed by atoms with Gasteiger partial charge >= 0.3 is 5.51 Å². The van der Waals surface area contributed by atoms with Gasteiger partial charge in [0.1, 0.15) is 16.6 Å². The number of halogens is 3. The Kier molecular flexibility index (Phi) is 4.09. The molecule has 0 aromatic carbocycles. The quantitative estimate of drug-likeness (QED) is 0.724. The van der Waals surface area contributed by atoms with Crippen LogP contribution in [-0.2, 0) is 15.6 Å². The number of nitrogens with one attached hydrogen (secondary N) is 1. The molecule has 1 fully saturated rings. The van der Waals surface area contributed by atoms with Crippen molar-refractivity contribution in [3.8, 4) is 0 Å². The van der Waals surface area contributed by atoms with Gasteiger partial charge in [-0.15, -0.1) is 0 Å². The Labute approximate surface area is 87.3 Å². The highest BCUT2D eigenvalue weighted by Gasteiger charge is 2.38. The zero-order chi connectivity index (χ0) is 11.5.